The zero-order chi connectivity index (χ0) is 10.3. The minimum absolute atomic E-state index is 0.858. The number of furan rings is 1. The summed E-state index contributed by atoms with van der Waals surface area (Å²) >= 11 is 6.99. The molecule has 14 heavy (non-hydrogen) atoms. The van der Waals surface area contributed by atoms with Crippen LogP contribution in [0.2, 0.25) is 0 Å². The van der Waals surface area contributed by atoms with Gasteiger partial charge in [-0.15, -0.1) is 0 Å². The van der Waals surface area contributed by atoms with Crippen molar-refractivity contribution in [2.45, 2.75) is 19.2 Å². The van der Waals surface area contributed by atoms with Gasteiger partial charge in [0.05, 0.1) is 4.47 Å². The van der Waals surface area contributed by atoms with Crippen LogP contribution in [0.25, 0.3) is 11.0 Å². The summed E-state index contributed by atoms with van der Waals surface area (Å²) in [6, 6.07) is 4.14. The van der Waals surface area contributed by atoms with E-state index in [2.05, 4.69) is 44.8 Å². The van der Waals surface area contributed by atoms with Gasteiger partial charge in [-0.2, -0.15) is 0 Å². The van der Waals surface area contributed by atoms with Crippen molar-refractivity contribution < 1.29 is 4.42 Å². The molecule has 0 N–H and O–H groups in total. The predicted molar refractivity (Wildman–Crippen MR) is 66.0 cm³/mol. The van der Waals surface area contributed by atoms with Crippen LogP contribution in [-0.2, 0) is 5.33 Å². The SMILES string of the molecule is Cc1oc2c(Br)ccc(CBr)c2c1C. The van der Waals surface area contributed by atoms with Gasteiger partial charge in [0.15, 0.2) is 0 Å². The van der Waals surface area contributed by atoms with Crippen molar-refractivity contribution in [3.8, 4) is 0 Å². The fourth-order valence-electron chi connectivity index (χ4n) is 1.63. The maximum absolute atomic E-state index is 5.70. The Hall–Kier alpha value is -0.280. The maximum Gasteiger partial charge on any atom is 0.149 e. The molecule has 0 unspecified atom stereocenters. The normalized spacial score (nSPS) is 11.1. The summed E-state index contributed by atoms with van der Waals surface area (Å²) in [5.41, 5.74) is 3.46. The van der Waals surface area contributed by atoms with Crippen molar-refractivity contribution in [3.63, 3.8) is 0 Å². The van der Waals surface area contributed by atoms with E-state index in [0.717, 1.165) is 21.1 Å². The molecule has 0 amide bonds. The number of benzene rings is 1. The van der Waals surface area contributed by atoms with Gasteiger partial charge >= 0.3 is 0 Å². The highest BCUT2D eigenvalue weighted by molar-refractivity contribution is 9.10. The highest BCUT2D eigenvalue weighted by Crippen LogP contribution is 2.34. The van der Waals surface area contributed by atoms with E-state index in [-0.39, 0.29) is 0 Å². The number of hydrogen-bond donors (Lipinski definition) is 0. The van der Waals surface area contributed by atoms with Gasteiger partial charge in [0.2, 0.25) is 0 Å². The van der Waals surface area contributed by atoms with Gasteiger partial charge in [-0.05, 0) is 47.0 Å². The zero-order valence-electron chi connectivity index (χ0n) is 8.03. The lowest BCUT2D eigenvalue weighted by Gasteiger charge is -2.00. The second-order valence-corrected chi connectivity index (χ2v) is 4.74. The van der Waals surface area contributed by atoms with Crippen LogP contribution in [0.5, 0.6) is 0 Å². The van der Waals surface area contributed by atoms with Crippen molar-refractivity contribution >= 4 is 42.8 Å². The molecule has 1 nitrogen and oxygen atoms in total. The number of halogens is 2. The smallest absolute Gasteiger partial charge is 0.149 e. The Morgan fingerprint density at radius 1 is 1.29 bits per heavy atom. The Morgan fingerprint density at radius 2 is 2.00 bits per heavy atom. The van der Waals surface area contributed by atoms with Crippen LogP contribution >= 0.6 is 31.9 Å². The van der Waals surface area contributed by atoms with Crippen LogP contribution in [0.15, 0.2) is 21.0 Å². The molecule has 0 bridgehead atoms. The summed E-state index contributed by atoms with van der Waals surface area (Å²) < 4.78 is 6.73. The maximum atomic E-state index is 5.70. The first-order valence-electron chi connectivity index (χ1n) is 4.38. The largest absolute Gasteiger partial charge is 0.460 e. The highest BCUT2D eigenvalue weighted by atomic mass is 79.9. The molecule has 2 aromatic rings. The molecular formula is C11H10Br2O. The number of hydrogen-bond acceptors (Lipinski definition) is 1. The summed E-state index contributed by atoms with van der Waals surface area (Å²) in [4.78, 5) is 0. The number of aryl methyl sites for hydroxylation is 2. The van der Waals surface area contributed by atoms with E-state index in [1.165, 1.54) is 16.5 Å². The van der Waals surface area contributed by atoms with Crippen LogP contribution in [0.3, 0.4) is 0 Å². The second-order valence-electron chi connectivity index (χ2n) is 3.33. The van der Waals surface area contributed by atoms with E-state index < -0.39 is 0 Å². The quantitative estimate of drug-likeness (QED) is 0.694. The van der Waals surface area contributed by atoms with Gasteiger partial charge in [-0.25, -0.2) is 0 Å². The first-order valence-corrected chi connectivity index (χ1v) is 6.29. The molecule has 1 aromatic heterocycles. The van der Waals surface area contributed by atoms with Crippen molar-refractivity contribution in [2.75, 3.05) is 0 Å². The lowest BCUT2D eigenvalue weighted by atomic mass is 10.1. The molecule has 2 rings (SSSR count). The van der Waals surface area contributed by atoms with Crippen molar-refractivity contribution in [1.82, 2.24) is 0 Å². The monoisotopic (exact) mass is 316 g/mol. The van der Waals surface area contributed by atoms with Gasteiger partial charge in [0.25, 0.3) is 0 Å². The molecule has 0 radical (unpaired) electrons. The Kier molecular flexibility index (Phi) is 2.71. The Bertz CT molecular complexity index is 485. The molecule has 0 aliphatic carbocycles. The molecule has 74 valence electrons. The van der Waals surface area contributed by atoms with Crippen LogP contribution in [0.4, 0.5) is 0 Å². The highest BCUT2D eigenvalue weighted by Gasteiger charge is 2.12. The fourth-order valence-corrected chi connectivity index (χ4v) is 2.50. The molecule has 3 heteroatoms. The van der Waals surface area contributed by atoms with Crippen LogP contribution in [0, 0.1) is 13.8 Å². The lowest BCUT2D eigenvalue weighted by Crippen LogP contribution is -1.81. The Morgan fingerprint density at radius 3 is 2.64 bits per heavy atom. The average Bonchev–Trinajstić information content (AvgIpc) is 2.47. The summed E-state index contributed by atoms with van der Waals surface area (Å²) in [5.74, 6) is 0.995. The minimum Gasteiger partial charge on any atom is -0.460 e. The molecule has 0 aliphatic heterocycles. The predicted octanol–water partition coefficient (Wildman–Crippen LogP) is 4.71. The second kappa shape index (κ2) is 3.70. The molecule has 1 aromatic carbocycles. The number of rotatable bonds is 1. The summed E-state index contributed by atoms with van der Waals surface area (Å²) in [5, 5.41) is 2.09. The third-order valence-corrected chi connectivity index (χ3v) is 3.73. The molecule has 0 saturated heterocycles. The number of alkyl halides is 1. The minimum atomic E-state index is 0.858. The van der Waals surface area contributed by atoms with Crippen LogP contribution in [0.1, 0.15) is 16.9 Å². The standard InChI is InChI=1S/C11H10Br2O/c1-6-7(2)14-11-9(13)4-3-8(5-12)10(6)11/h3-4H,5H2,1-2H3. The van der Waals surface area contributed by atoms with E-state index in [9.17, 15) is 0 Å². The lowest BCUT2D eigenvalue weighted by molar-refractivity contribution is 0.573. The van der Waals surface area contributed by atoms with E-state index in [0.29, 0.717) is 0 Å². The average molecular weight is 318 g/mol. The molecule has 0 fully saturated rings. The molecular weight excluding hydrogens is 308 g/mol. The van der Waals surface area contributed by atoms with E-state index in [4.69, 9.17) is 4.42 Å². The molecule has 0 atom stereocenters. The molecule has 1 heterocycles. The van der Waals surface area contributed by atoms with Crippen LogP contribution in [-0.4, -0.2) is 0 Å². The summed E-state index contributed by atoms with van der Waals surface area (Å²) in [7, 11) is 0. The first kappa shape index (κ1) is 10.2. The van der Waals surface area contributed by atoms with Crippen molar-refractivity contribution in [1.29, 1.82) is 0 Å². The summed E-state index contributed by atoms with van der Waals surface area (Å²) in [6.07, 6.45) is 0. The molecule has 0 saturated carbocycles. The third kappa shape index (κ3) is 1.43. The fraction of sp³-hybridized carbons (Fsp3) is 0.273. The van der Waals surface area contributed by atoms with Gasteiger partial charge in [0, 0.05) is 10.7 Å². The zero-order valence-corrected chi connectivity index (χ0v) is 11.2. The number of fused-ring (bicyclic) bond motifs is 1. The Balaban J connectivity index is 2.92. The molecule has 0 aliphatic rings. The third-order valence-electron chi connectivity index (χ3n) is 2.50. The Labute approximate surface area is 99.7 Å². The van der Waals surface area contributed by atoms with Crippen LogP contribution < -0.4 is 0 Å². The topological polar surface area (TPSA) is 13.1 Å². The van der Waals surface area contributed by atoms with Gasteiger partial charge < -0.3 is 4.42 Å². The molecule has 0 spiro atoms. The van der Waals surface area contributed by atoms with E-state index >= 15 is 0 Å². The first-order chi connectivity index (χ1) is 6.65. The van der Waals surface area contributed by atoms with Crippen molar-refractivity contribution in [2.24, 2.45) is 0 Å². The van der Waals surface area contributed by atoms with Gasteiger partial charge in [-0.3, -0.25) is 0 Å². The summed E-state index contributed by atoms with van der Waals surface area (Å²) in [6.45, 7) is 4.10. The van der Waals surface area contributed by atoms with E-state index in [1.807, 2.05) is 13.0 Å². The van der Waals surface area contributed by atoms with Gasteiger partial charge in [0.1, 0.15) is 11.3 Å². The van der Waals surface area contributed by atoms with Gasteiger partial charge in [-0.1, -0.05) is 22.0 Å². The van der Waals surface area contributed by atoms with Crippen molar-refractivity contribution in [3.05, 3.63) is 33.5 Å². The van der Waals surface area contributed by atoms with E-state index in [1.54, 1.807) is 0 Å².